The van der Waals surface area contributed by atoms with E-state index in [4.69, 9.17) is 9.47 Å². The van der Waals surface area contributed by atoms with E-state index < -0.39 is 11.8 Å². The quantitative estimate of drug-likeness (QED) is 0.323. The molecule has 0 saturated heterocycles. The molecule has 0 fully saturated rings. The number of rotatable bonds is 13. The van der Waals surface area contributed by atoms with Crippen molar-refractivity contribution in [2.75, 3.05) is 13.2 Å². The van der Waals surface area contributed by atoms with Crippen LogP contribution in [0.2, 0.25) is 0 Å². The summed E-state index contributed by atoms with van der Waals surface area (Å²) in [4.78, 5) is 24.2. The molecule has 1 unspecified atom stereocenters. The van der Waals surface area contributed by atoms with Crippen molar-refractivity contribution in [2.45, 2.75) is 65.2 Å². The van der Waals surface area contributed by atoms with Crippen molar-refractivity contribution >= 4 is 11.8 Å². The topological polar surface area (TPSA) is 76.7 Å². The Balaban J connectivity index is 1.67. The summed E-state index contributed by atoms with van der Waals surface area (Å²) in [6.45, 7) is 7.00. The van der Waals surface area contributed by atoms with Gasteiger partial charge in [-0.05, 0) is 60.7 Å². The summed E-state index contributed by atoms with van der Waals surface area (Å²) in [7, 11) is 0. The van der Waals surface area contributed by atoms with Crippen molar-refractivity contribution in [3.63, 3.8) is 0 Å². The number of nitrogens with one attached hydrogen (secondary N) is 2. The maximum Gasteiger partial charge on any atom is 0.276 e. The van der Waals surface area contributed by atoms with Gasteiger partial charge in [0.2, 0.25) is 0 Å². The Labute approximate surface area is 191 Å². The van der Waals surface area contributed by atoms with Crippen LogP contribution >= 0.6 is 0 Å². The first kappa shape index (κ1) is 25.2. The van der Waals surface area contributed by atoms with E-state index in [1.165, 1.54) is 31.2 Å². The second kappa shape index (κ2) is 14.1. The molecule has 2 amide bonds. The van der Waals surface area contributed by atoms with E-state index in [1.807, 2.05) is 24.3 Å². The van der Waals surface area contributed by atoms with Crippen LogP contribution in [0.15, 0.2) is 48.5 Å². The molecule has 174 valence electrons. The average Bonchev–Trinajstić information content (AvgIpc) is 2.83. The standard InChI is InChI=1S/C26H36N2O4/c1-4-6-7-8-9-18-31-23-16-12-22(13-17-23)26(30)28-27-25(29)19-32-24-14-10-21(11-15-24)20(3)5-2/h10-17,20H,4-9,18-19H2,1-3H3,(H,27,29)(H,28,30). The van der Waals surface area contributed by atoms with Crippen molar-refractivity contribution in [3.05, 3.63) is 59.7 Å². The van der Waals surface area contributed by atoms with Gasteiger partial charge in [0, 0.05) is 5.56 Å². The molecular weight excluding hydrogens is 404 g/mol. The molecule has 32 heavy (non-hydrogen) atoms. The van der Waals surface area contributed by atoms with Gasteiger partial charge in [-0.3, -0.25) is 20.4 Å². The molecule has 0 aliphatic heterocycles. The number of carbonyl (C=O) groups is 2. The number of hydrazine groups is 1. The van der Waals surface area contributed by atoms with Gasteiger partial charge in [-0.1, -0.05) is 58.6 Å². The average molecular weight is 441 g/mol. The number of unbranched alkanes of at least 4 members (excludes halogenated alkanes) is 4. The van der Waals surface area contributed by atoms with Crippen LogP contribution < -0.4 is 20.3 Å². The lowest BCUT2D eigenvalue weighted by molar-refractivity contribution is -0.123. The Morgan fingerprint density at radius 3 is 2.09 bits per heavy atom. The highest BCUT2D eigenvalue weighted by molar-refractivity contribution is 5.95. The number of benzene rings is 2. The van der Waals surface area contributed by atoms with Crippen LogP contribution in [-0.4, -0.2) is 25.0 Å². The maximum atomic E-state index is 12.2. The van der Waals surface area contributed by atoms with E-state index in [2.05, 4.69) is 31.6 Å². The first-order valence-electron chi connectivity index (χ1n) is 11.6. The van der Waals surface area contributed by atoms with E-state index in [9.17, 15) is 9.59 Å². The number of amides is 2. The molecule has 0 aromatic heterocycles. The zero-order chi connectivity index (χ0) is 23.2. The smallest absolute Gasteiger partial charge is 0.276 e. The normalized spacial score (nSPS) is 11.5. The van der Waals surface area contributed by atoms with E-state index in [-0.39, 0.29) is 6.61 Å². The number of hydrogen-bond acceptors (Lipinski definition) is 4. The number of ether oxygens (including phenoxy) is 2. The third kappa shape index (κ3) is 9.00. The zero-order valence-electron chi connectivity index (χ0n) is 19.5. The number of carbonyl (C=O) groups excluding carboxylic acids is 2. The molecule has 0 aliphatic carbocycles. The van der Waals surface area contributed by atoms with Crippen molar-refractivity contribution in [1.82, 2.24) is 10.9 Å². The van der Waals surface area contributed by atoms with Crippen LogP contribution in [0.3, 0.4) is 0 Å². The van der Waals surface area contributed by atoms with Crippen molar-refractivity contribution in [1.29, 1.82) is 0 Å². The molecule has 0 heterocycles. The van der Waals surface area contributed by atoms with E-state index in [0.29, 0.717) is 23.8 Å². The van der Waals surface area contributed by atoms with Gasteiger partial charge in [-0.25, -0.2) is 0 Å². The van der Waals surface area contributed by atoms with E-state index in [1.54, 1.807) is 24.3 Å². The molecule has 1 atom stereocenters. The maximum absolute atomic E-state index is 12.2. The van der Waals surface area contributed by atoms with Gasteiger partial charge in [0.15, 0.2) is 6.61 Å². The minimum absolute atomic E-state index is 0.187. The van der Waals surface area contributed by atoms with Crippen LogP contribution in [0, 0.1) is 0 Å². The Bertz CT molecular complexity index is 819. The molecular formula is C26H36N2O4. The molecule has 0 aliphatic rings. The van der Waals surface area contributed by atoms with Crippen molar-refractivity contribution < 1.29 is 19.1 Å². The van der Waals surface area contributed by atoms with Gasteiger partial charge < -0.3 is 9.47 Å². The van der Waals surface area contributed by atoms with Gasteiger partial charge in [-0.2, -0.15) is 0 Å². The lowest BCUT2D eigenvalue weighted by Gasteiger charge is -2.11. The summed E-state index contributed by atoms with van der Waals surface area (Å²) in [5.41, 5.74) is 6.44. The lowest BCUT2D eigenvalue weighted by atomic mass is 9.99. The highest BCUT2D eigenvalue weighted by Gasteiger charge is 2.09. The summed E-state index contributed by atoms with van der Waals surface area (Å²) in [5.74, 6) is 0.988. The molecule has 0 bridgehead atoms. The third-order valence-electron chi connectivity index (χ3n) is 5.38. The first-order valence-corrected chi connectivity index (χ1v) is 11.6. The molecule has 2 aromatic rings. The predicted octanol–water partition coefficient (Wildman–Crippen LogP) is 5.39. The minimum Gasteiger partial charge on any atom is -0.494 e. The Morgan fingerprint density at radius 2 is 1.44 bits per heavy atom. The van der Waals surface area contributed by atoms with Crippen molar-refractivity contribution in [3.8, 4) is 11.5 Å². The molecule has 2 aromatic carbocycles. The molecule has 2 rings (SSSR count). The van der Waals surface area contributed by atoms with Gasteiger partial charge in [-0.15, -0.1) is 0 Å². The Kier molecular flexibility index (Phi) is 11.1. The second-order valence-electron chi connectivity index (χ2n) is 7.96. The summed E-state index contributed by atoms with van der Waals surface area (Å²) in [6, 6.07) is 14.6. The van der Waals surface area contributed by atoms with Crippen LogP contribution in [0.25, 0.3) is 0 Å². The zero-order valence-corrected chi connectivity index (χ0v) is 19.5. The van der Waals surface area contributed by atoms with E-state index in [0.717, 1.165) is 18.6 Å². The Hall–Kier alpha value is -3.02. The molecule has 0 saturated carbocycles. The van der Waals surface area contributed by atoms with Crippen molar-refractivity contribution in [2.24, 2.45) is 0 Å². The van der Waals surface area contributed by atoms with Crippen LogP contribution in [0.5, 0.6) is 11.5 Å². The largest absolute Gasteiger partial charge is 0.494 e. The summed E-state index contributed by atoms with van der Waals surface area (Å²) < 4.78 is 11.2. The van der Waals surface area contributed by atoms with Gasteiger partial charge in [0.25, 0.3) is 11.8 Å². The lowest BCUT2D eigenvalue weighted by Crippen LogP contribution is -2.43. The number of hydrogen-bond donors (Lipinski definition) is 2. The molecule has 0 spiro atoms. The van der Waals surface area contributed by atoms with E-state index >= 15 is 0 Å². The predicted molar refractivity (Wildman–Crippen MR) is 127 cm³/mol. The molecule has 6 heteroatoms. The minimum atomic E-state index is -0.438. The fourth-order valence-corrected chi connectivity index (χ4v) is 3.11. The summed E-state index contributed by atoms with van der Waals surface area (Å²) in [6.07, 6.45) is 6.99. The second-order valence-corrected chi connectivity index (χ2v) is 7.96. The molecule has 2 N–H and O–H groups in total. The van der Waals surface area contributed by atoms with Crippen LogP contribution in [0.4, 0.5) is 0 Å². The SMILES string of the molecule is CCCCCCCOc1ccc(C(=O)NNC(=O)COc2ccc(C(C)CC)cc2)cc1. The third-order valence-corrected chi connectivity index (χ3v) is 5.38. The Morgan fingerprint density at radius 1 is 0.812 bits per heavy atom. The highest BCUT2D eigenvalue weighted by Crippen LogP contribution is 2.21. The fraction of sp³-hybridized carbons (Fsp3) is 0.462. The monoisotopic (exact) mass is 440 g/mol. The first-order chi connectivity index (χ1) is 15.5. The highest BCUT2D eigenvalue weighted by atomic mass is 16.5. The summed E-state index contributed by atoms with van der Waals surface area (Å²) >= 11 is 0. The molecule has 0 radical (unpaired) electrons. The van der Waals surface area contributed by atoms with Gasteiger partial charge >= 0.3 is 0 Å². The van der Waals surface area contributed by atoms with Crippen LogP contribution in [-0.2, 0) is 4.79 Å². The molecule has 6 nitrogen and oxygen atoms in total. The van der Waals surface area contributed by atoms with Gasteiger partial charge in [0.1, 0.15) is 11.5 Å². The fourth-order valence-electron chi connectivity index (χ4n) is 3.11. The van der Waals surface area contributed by atoms with Crippen LogP contribution in [0.1, 0.15) is 81.1 Å². The van der Waals surface area contributed by atoms with Gasteiger partial charge in [0.05, 0.1) is 6.61 Å². The summed E-state index contributed by atoms with van der Waals surface area (Å²) in [5, 5.41) is 0.